The number of benzene rings is 2. The molecule has 156 valence electrons. The zero-order valence-electron chi connectivity index (χ0n) is 16.9. The number of ether oxygens (including phenoxy) is 2. The summed E-state index contributed by atoms with van der Waals surface area (Å²) in [4.78, 5) is 11.9. The van der Waals surface area contributed by atoms with E-state index in [1.54, 1.807) is 48.0 Å². The fourth-order valence-electron chi connectivity index (χ4n) is 3.52. The van der Waals surface area contributed by atoms with Crippen molar-refractivity contribution < 1.29 is 14.3 Å². The van der Waals surface area contributed by atoms with Crippen LogP contribution in [0.3, 0.4) is 0 Å². The Morgan fingerprint density at radius 3 is 2.55 bits per heavy atom. The minimum Gasteiger partial charge on any atom is -0.462 e. The molecule has 2 aromatic carbocycles. The molecule has 1 aliphatic heterocycles. The molecule has 0 aliphatic carbocycles. The molecule has 3 aromatic rings. The van der Waals surface area contributed by atoms with Gasteiger partial charge in [-0.05, 0) is 55.8 Å². The van der Waals surface area contributed by atoms with Crippen LogP contribution in [-0.4, -0.2) is 28.6 Å². The second kappa shape index (κ2) is 8.26. The first-order valence-electron chi connectivity index (χ1n) is 9.64. The van der Waals surface area contributed by atoms with Crippen molar-refractivity contribution in [3.8, 4) is 17.6 Å². The Hall–Kier alpha value is -3.60. The fourth-order valence-corrected chi connectivity index (χ4v) is 3.65. The molecule has 1 aliphatic rings. The van der Waals surface area contributed by atoms with Crippen molar-refractivity contribution in [2.24, 2.45) is 5.73 Å². The molecule has 0 spiro atoms. The third-order valence-electron chi connectivity index (χ3n) is 4.94. The van der Waals surface area contributed by atoms with Gasteiger partial charge in [-0.1, -0.05) is 23.7 Å². The first-order chi connectivity index (χ1) is 14.9. The van der Waals surface area contributed by atoms with Gasteiger partial charge in [0.05, 0.1) is 34.7 Å². The Balaban J connectivity index is 1.84. The quantitative estimate of drug-likeness (QED) is 0.622. The summed E-state index contributed by atoms with van der Waals surface area (Å²) in [6.07, 6.45) is -0.947. The van der Waals surface area contributed by atoms with Crippen molar-refractivity contribution in [3.63, 3.8) is 0 Å². The number of fused-ring (bicyclic) bond motifs is 1. The molecule has 1 unspecified atom stereocenters. The number of aryl methyl sites for hydroxylation is 1. The maximum atomic E-state index is 11.9. The zero-order chi connectivity index (χ0) is 22.1. The van der Waals surface area contributed by atoms with Gasteiger partial charge in [0.25, 0.3) is 0 Å². The predicted octanol–water partition coefficient (Wildman–Crippen LogP) is 4.01. The second-order valence-corrected chi connectivity index (χ2v) is 7.33. The van der Waals surface area contributed by atoms with E-state index in [-0.39, 0.29) is 0 Å². The number of rotatable bonds is 4. The molecule has 0 fully saturated rings. The fraction of sp³-hybridized carbons (Fsp3) is 0.174. The van der Waals surface area contributed by atoms with Crippen LogP contribution in [0.4, 0.5) is 0 Å². The number of hydrogen-bond donors (Lipinski definition) is 1. The van der Waals surface area contributed by atoms with Crippen molar-refractivity contribution in [3.05, 3.63) is 81.5 Å². The normalized spacial score (nSPS) is 15.1. The minimum absolute atomic E-state index is 0.305. The van der Waals surface area contributed by atoms with Crippen LogP contribution >= 0.6 is 11.6 Å². The highest BCUT2D eigenvalue weighted by Crippen LogP contribution is 2.42. The van der Waals surface area contributed by atoms with E-state index in [9.17, 15) is 10.1 Å². The number of nitrogens with zero attached hydrogens (tertiary/aromatic N) is 3. The summed E-state index contributed by atoms with van der Waals surface area (Å²) < 4.78 is 12.6. The third kappa shape index (κ3) is 3.67. The van der Waals surface area contributed by atoms with E-state index in [4.69, 9.17) is 26.8 Å². The van der Waals surface area contributed by atoms with E-state index >= 15 is 0 Å². The molecule has 0 saturated carbocycles. The van der Waals surface area contributed by atoms with Crippen LogP contribution in [0.15, 0.2) is 54.1 Å². The number of nitriles is 1. The van der Waals surface area contributed by atoms with E-state index < -0.39 is 12.2 Å². The van der Waals surface area contributed by atoms with E-state index in [0.717, 1.165) is 5.56 Å². The smallest absolute Gasteiger partial charge is 0.338 e. The molecule has 0 amide bonds. The lowest BCUT2D eigenvalue weighted by atomic mass is 9.91. The number of carbonyl (C=O) groups excluding carboxylic acids is 1. The van der Waals surface area contributed by atoms with E-state index in [2.05, 4.69) is 11.2 Å². The lowest BCUT2D eigenvalue weighted by molar-refractivity contribution is 0.0526. The summed E-state index contributed by atoms with van der Waals surface area (Å²) in [5.74, 6) is 0.0375. The maximum absolute atomic E-state index is 11.9. The van der Waals surface area contributed by atoms with E-state index in [1.165, 1.54) is 0 Å². The van der Waals surface area contributed by atoms with Crippen LogP contribution in [0.5, 0.6) is 5.88 Å². The zero-order valence-corrected chi connectivity index (χ0v) is 17.7. The van der Waals surface area contributed by atoms with Gasteiger partial charge in [0.1, 0.15) is 6.07 Å². The maximum Gasteiger partial charge on any atom is 0.338 e. The Bertz CT molecular complexity index is 1220. The van der Waals surface area contributed by atoms with E-state index in [1.807, 2.05) is 19.1 Å². The highest BCUT2D eigenvalue weighted by Gasteiger charge is 2.33. The van der Waals surface area contributed by atoms with Gasteiger partial charge in [-0.15, -0.1) is 0 Å². The standard InChI is InChI=1S/C23H19ClN4O3/c1-3-30-23(29)15-6-10-17(11-7-15)28-22-19(13(2)27-28)20(18(12-25)21(26)31-22)14-4-8-16(24)9-5-14/h4-11,21H,3,26H2,1-2H3. The monoisotopic (exact) mass is 434 g/mol. The summed E-state index contributed by atoms with van der Waals surface area (Å²) in [6, 6.07) is 16.2. The molecule has 0 radical (unpaired) electrons. The number of nitrogens with two attached hydrogens (primary N) is 1. The molecule has 2 heterocycles. The van der Waals surface area contributed by atoms with Crippen LogP contribution in [0.1, 0.15) is 34.1 Å². The molecule has 1 aromatic heterocycles. The molecule has 4 rings (SSSR count). The SMILES string of the molecule is CCOC(=O)c1ccc(-n2nc(C)c3c2OC(N)C(C#N)=C3c2ccc(Cl)cc2)cc1. The van der Waals surface area contributed by atoms with Crippen molar-refractivity contribution in [2.75, 3.05) is 6.61 Å². The van der Waals surface area contributed by atoms with Gasteiger partial charge in [0.15, 0.2) is 6.23 Å². The molecule has 0 bridgehead atoms. The second-order valence-electron chi connectivity index (χ2n) is 6.89. The topological polar surface area (TPSA) is 103 Å². The summed E-state index contributed by atoms with van der Waals surface area (Å²) in [7, 11) is 0. The molecule has 31 heavy (non-hydrogen) atoms. The molecular formula is C23H19ClN4O3. The number of carbonyl (C=O) groups is 1. The molecular weight excluding hydrogens is 416 g/mol. The van der Waals surface area contributed by atoms with Gasteiger partial charge in [-0.25, -0.2) is 9.48 Å². The number of hydrogen-bond acceptors (Lipinski definition) is 6. The summed E-state index contributed by atoms with van der Waals surface area (Å²) in [5.41, 5.74) is 10.4. The van der Waals surface area contributed by atoms with Crippen molar-refractivity contribution in [2.45, 2.75) is 20.1 Å². The lowest BCUT2D eigenvalue weighted by Crippen LogP contribution is -2.33. The lowest BCUT2D eigenvalue weighted by Gasteiger charge is -2.24. The predicted molar refractivity (Wildman–Crippen MR) is 116 cm³/mol. The Morgan fingerprint density at radius 2 is 1.94 bits per heavy atom. The van der Waals surface area contributed by atoms with Gasteiger partial charge in [-0.2, -0.15) is 10.4 Å². The van der Waals surface area contributed by atoms with Gasteiger partial charge in [0.2, 0.25) is 5.88 Å². The first-order valence-corrected chi connectivity index (χ1v) is 10.0. The number of halogens is 1. The first kappa shape index (κ1) is 20.7. The van der Waals surface area contributed by atoms with Crippen LogP contribution in [0.2, 0.25) is 5.02 Å². The van der Waals surface area contributed by atoms with E-state index in [0.29, 0.717) is 51.2 Å². The van der Waals surface area contributed by atoms with Crippen LogP contribution in [0.25, 0.3) is 11.3 Å². The van der Waals surface area contributed by atoms with Crippen molar-refractivity contribution in [1.29, 1.82) is 5.26 Å². The van der Waals surface area contributed by atoms with Crippen LogP contribution in [-0.2, 0) is 4.74 Å². The van der Waals surface area contributed by atoms with Crippen molar-refractivity contribution >= 4 is 23.1 Å². The molecule has 2 N–H and O–H groups in total. The summed E-state index contributed by atoms with van der Waals surface area (Å²) in [5, 5.41) is 15.0. The third-order valence-corrected chi connectivity index (χ3v) is 5.19. The average molecular weight is 435 g/mol. The van der Waals surface area contributed by atoms with Gasteiger partial charge >= 0.3 is 5.97 Å². The molecule has 7 nitrogen and oxygen atoms in total. The minimum atomic E-state index is -0.947. The van der Waals surface area contributed by atoms with Crippen LogP contribution in [0, 0.1) is 18.3 Å². The van der Waals surface area contributed by atoms with Gasteiger partial charge in [0, 0.05) is 10.6 Å². The Kier molecular flexibility index (Phi) is 5.51. The van der Waals surface area contributed by atoms with Gasteiger partial charge in [-0.3, -0.25) is 5.73 Å². The number of esters is 1. The highest BCUT2D eigenvalue weighted by atomic mass is 35.5. The summed E-state index contributed by atoms with van der Waals surface area (Å²) in [6.45, 7) is 3.90. The molecule has 0 saturated heterocycles. The average Bonchev–Trinajstić information content (AvgIpc) is 3.09. The molecule has 8 heteroatoms. The Morgan fingerprint density at radius 1 is 1.26 bits per heavy atom. The van der Waals surface area contributed by atoms with Crippen LogP contribution < -0.4 is 10.5 Å². The summed E-state index contributed by atoms with van der Waals surface area (Å²) >= 11 is 6.04. The van der Waals surface area contributed by atoms with Gasteiger partial charge < -0.3 is 9.47 Å². The number of aromatic nitrogens is 2. The molecule has 1 atom stereocenters. The van der Waals surface area contributed by atoms with Crippen molar-refractivity contribution in [1.82, 2.24) is 9.78 Å². The highest BCUT2D eigenvalue weighted by molar-refractivity contribution is 6.30. The largest absolute Gasteiger partial charge is 0.462 e. The Labute approximate surface area is 184 Å².